The molecule has 2 aromatic rings. The van der Waals surface area contributed by atoms with Gasteiger partial charge in [0, 0.05) is 17.1 Å². The number of hydrogen-bond acceptors (Lipinski definition) is 1. The number of nitrogens with one attached hydrogen (secondary N) is 1. The molecule has 0 saturated heterocycles. The highest BCUT2D eigenvalue weighted by atomic mass is 16.1. The van der Waals surface area contributed by atoms with Crippen LogP contribution >= 0.6 is 0 Å². The lowest BCUT2D eigenvalue weighted by Crippen LogP contribution is -2.09. The standard InChI is InChI=1S/C9H8N2O.H2O/c10-9(12)7-5-11-8-4-2-1-3-6(7)8;/h1-5,11H,(H2,10,12);1H2. The van der Waals surface area contributed by atoms with Gasteiger partial charge in [-0.15, -0.1) is 0 Å². The Balaban J connectivity index is 0.000000845. The summed E-state index contributed by atoms with van der Waals surface area (Å²) in [7, 11) is 0. The Bertz CT molecular complexity index is 434. The molecule has 0 aliphatic carbocycles. The second-order valence-corrected chi connectivity index (χ2v) is 2.61. The third-order valence-electron chi connectivity index (χ3n) is 1.85. The van der Waals surface area contributed by atoms with Crippen LogP contribution in [-0.2, 0) is 0 Å². The fourth-order valence-electron chi connectivity index (χ4n) is 1.28. The number of aromatic nitrogens is 1. The third kappa shape index (κ3) is 1.39. The van der Waals surface area contributed by atoms with E-state index in [0.29, 0.717) is 5.56 Å². The molecule has 0 bridgehead atoms. The van der Waals surface area contributed by atoms with Gasteiger partial charge in [-0.1, -0.05) is 18.2 Å². The summed E-state index contributed by atoms with van der Waals surface area (Å²) in [6.45, 7) is 0. The Morgan fingerprint density at radius 3 is 2.69 bits per heavy atom. The fourth-order valence-corrected chi connectivity index (χ4v) is 1.28. The maximum atomic E-state index is 10.9. The number of rotatable bonds is 1. The number of aromatic amines is 1. The predicted molar refractivity (Wildman–Crippen MR) is 50.4 cm³/mol. The molecule has 0 unspecified atom stereocenters. The Morgan fingerprint density at radius 1 is 1.31 bits per heavy atom. The van der Waals surface area contributed by atoms with Crippen molar-refractivity contribution in [3.05, 3.63) is 36.0 Å². The Labute approximate surface area is 74.7 Å². The first-order valence-corrected chi connectivity index (χ1v) is 3.65. The van der Waals surface area contributed by atoms with Crippen molar-refractivity contribution in [3.63, 3.8) is 0 Å². The van der Waals surface area contributed by atoms with E-state index in [9.17, 15) is 4.79 Å². The van der Waals surface area contributed by atoms with Crippen LogP contribution in [0.15, 0.2) is 30.5 Å². The Hall–Kier alpha value is -1.81. The molecule has 0 radical (unpaired) electrons. The smallest absolute Gasteiger partial charge is 0.250 e. The Morgan fingerprint density at radius 2 is 2.00 bits per heavy atom. The topological polar surface area (TPSA) is 90.4 Å². The normalized spacial score (nSPS) is 9.54. The summed E-state index contributed by atoms with van der Waals surface area (Å²) < 4.78 is 0. The zero-order valence-corrected chi connectivity index (χ0v) is 6.87. The fraction of sp³-hybridized carbons (Fsp3) is 0. The molecule has 0 aliphatic heterocycles. The molecule has 1 amide bonds. The van der Waals surface area contributed by atoms with Crippen molar-refractivity contribution in [2.24, 2.45) is 5.73 Å². The van der Waals surface area contributed by atoms with E-state index in [1.807, 2.05) is 24.3 Å². The van der Waals surface area contributed by atoms with Gasteiger partial charge in [-0.25, -0.2) is 0 Å². The summed E-state index contributed by atoms with van der Waals surface area (Å²) in [6, 6.07) is 7.56. The first-order chi connectivity index (χ1) is 5.79. The van der Waals surface area contributed by atoms with Crippen LogP contribution in [0.5, 0.6) is 0 Å². The van der Waals surface area contributed by atoms with E-state index >= 15 is 0 Å². The number of carbonyl (C=O) groups is 1. The van der Waals surface area contributed by atoms with Crippen LogP contribution in [0.4, 0.5) is 0 Å². The molecule has 1 aromatic heterocycles. The van der Waals surface area contributed by atoms with Crippen LogP contribution in [-0.4, -0.2) is 16.4 Å². The summed E-state index contributed by atoms with van der Waals surface area (Å²) >= 11 is 0. The number of H-pyrrole nitrogens is 1. The van der Waals surface area contributed by atoms with E-state index in [2.05, 4.69) is 4.98 Å². The lowest BCUT2D eigenvalue weighted by Gasteiger charge is -1.90. The van der Waals surface area contributed by atoms with Crippen LogP contribution in [0.2, 0.25) is 0 Å². The van der Waals surface area contributed by atoms with E-state index in [4.69, 9.17) is 5.73 Å². The summed E-state index contributed by atoms with van der Waals surface area (Å²) in [5, 5.41) is 0.880. The molecule has 4 nitrogen and oxygen atoms in total. The first kappa shape index (κ1) is 9.28. The molecule has 0 atom stereocenters. The van der Waals surface area contributed by atoms with Crippen LogP contribution < -0.4 is 5.73 Å². The van der Waals surface area contributed by atoms with Gasteiger partial charge in [-0.05, 0) is 6.07 Å². The second kappa shape index (κ2) is 3.28. The zero-order chi connectivity index (χ0) is 8.55. The summed E-state index contributed by atoms with van der Waals surface area (Å²) in [6.07, 6.45) is 1.63. The molecule has 1 heterocycles. The number of hydrogen-bond donors (Lipinski definition) is 2. The molecule has 0 saturated carbocycles. The average molecular weight is 178 g/mol. The monoisotopic (exact) mass is 178 g/mol. The molecular weight excluding hydrogens is 168 g/mol. The van der Waals surface area contributed by atoms with Crippen molar-refractivity contribution >= 4 is 16.8 Å². The predicted octanol–water partition coefficient (Wildman–Crippen LogP) is 0.442. The highest BCUT2D eigenvalue weighted by Gasteiger charge is 2.06. The van der Waals surface area contributed by atoms with Gasteiger partial charge < -0.3 is 16.2 Å². The minimum atomic E-state index is -0.396. The number of benzene rings is 1. The van der Waals surface area contributed by atoms with Crippen LogP contribution in [0.3, 0.4) is 0 Å². The van der Waals surface area contributed by atoms with Gasteiger partial charge in [0.15, 0.2) is 0 Å². The lowest BCUT2D eigenvalue weighted by atomic mass is 10.2. The van der Waals surface area contributed by atoms with Crippen molar-refractivity contribution in [2.45, 2.75) is 0 Å². The minimum Gasteiger partial charge on any atom is -0.412 e. The largest absolute Gasteiger partial charge is 0.412 e. The molecular formula is C9H10N2O2. The van der Waals surface area contributed by atoms with Crippen LogP contribution in [0.1, 0.15) is 10.4 Å². The van der Waals surface area contributed by atoms with Crippen molar-refractivity contribution in [1.29, 1.82) is 0 Å². The van der Waals surface area contributed by atoms with Crippen molar-refractivity contribution in [3.8, 4) is 0 Å². The lowest BCUT2D eigenvalue weighted by molar-refractivity contribution is 0.100. The molecule has 5 N–H and O–H groups in total. The summed E-state index contributed by atoms with van der Waals surface area (Å²) in [4.78, 5) is 13.8. The molecule has 4 heteroatoms. The average Bonchev–Trinajstić information content (AvgIpc) is 2.47. The van der Waals surface area contributed by atoms with E-state index in [0.717, 1.165) is 10.9 Å². The highest BCUT2D eigenvalue weighted by molar-refractivity contribution is 6.05. The molecule has 0 spiro atoms. The molecule has 2 rings (SSSR count). The van der Waals surface area contributed by atoms with Crippen molar-refractivity contribution in [1.82, 2.24) is 4.98 Å². The maximum Gasteiger partial charge on any atom is 0.250 e. The quantitative estimate of drug-likeness (QED) is 0.651. The van der Waals surface area contributed by atoms with Crippen molar-refractivity contribution in [2.75, 3.05) is 0 Å². The van der Waals surface area contributed by atoms with Gasteiger partial charge >= 0.3 is 0 Å². The van der Waals surface area contributed by atoms with Gasteiger partial charge in [0.1, 0.15) is 0 Å². The van der Waals surface area contributed by atoms with Gasteiger partial charge in [-0.2, -0.15) is 0 Å². The van der Waals surface area contributed by atoms with Crippen LogP contribution in [0, 0.1) is 0 Å². The number of nitrogens with two attached hydrogens (primary N) is 1. The number of fused-ring (bicyclic) bond motifs is 1. The van der Waals surface area contributed by atoms with Gasteiger partial charge in [0.2, 0.25) is 0 Å². The minimum absolute atomic E-state index is 0. The SMILES string of the molecule is NC(=O)c1c[nH]c2ccccc12.O. The van der Waals surface area contributed by atoms with E-state index < -0.39 is 5.91 Å². The number of amides is 1. The number of carbonyl (C=O) groups excluding carboxylic acids is 1. The van der Waals surface area contributed by atoms with E-state index in [-0.39, 0.29) is 5.48 Å². The van der Waals surface area contributed by atoms with E-state index in [1.54, 1.807) is 6.20 Å². The van der Waals surface area contributed by atoms with Crippen LogP contribution in [0.25, 0.3) is 10.9 Å². The molecule has 1 aromatic carbocycles. The molecule has 0 fully saturated rings. The number of para-hydroxylation sites is 1. The third-order valence-corrected chi connectivity index (χ3v) is 1.85. The molecule has 0 aliphatic rings. The van der Waals surface area contributed by atoms with Gasteiger partial charge in [0.05, 0.1) is 5.56 Å². The second-order valence-electron chi connectivity index (χ2n) is 2.61. The maximum absolute atomic E-state index is 10.9. The van der Waals surface area contributed by atoms with E-state index in [1.165, 1.54) is 0 Å². The van der Waals surface area contributed by atoms with Gasteiger partial charge in [0.25, 0.3) is 5.91 Å². The molecule has 68 valence electrons. The summed E-state index contributed by atoms with van der Waals surface area (Å²) in [5.41, 5.74) is 6.65. The molecule has 13 heavy (non-hydrogen) atoms. The first-order valence-electron chi connectivity index (χ1n) is 3.65. The summed E-state index contributed by atoms with van der Waals surface area (Å²) in [5.74, 6) is -0.396. The highest BCUT2D eigenvalue weighted by Crippen LogP contribution is 2.16. The number of primary amides is 1. The zero-order valence-electron chi connectivity index (χ0n) is 6.87. The van der Waals surface area contributed by atoms with Gasteiger partial charge in [-0.3, -0.25) is 4.79 Å². The Kier molecular flexibility index (Phi) is 2.34. The van der Waals surface area contributed by atoms with Crippen molar-refractivity contribution < 1.29 is 10.3 Å².